The first-order chi connectivity index (χ1) is 8.91. The zero-order valence-electron chi connectivity index (χ0n) is 11.1. The maximum absolute atomic E-state index is 11.5. The van der Waals surface area contributed by atoms with E-state index in [9.17, 15) is 8.42 Å². The third kappa shape index (κ3) is 4.95. The van der Waals surface area contributed by atoms with Gasteiger partial charge in [-0.3, -0.25) is 0 Å². The first kappa shape index (κ1) is 16.8. The molecule has 6 heteroatoms. The maximum atomic E-state index is 11.5. The molecular weight excluding hydrogens is 305 g/mol. The summed E-state index contributed by atoms with van der Waals surface area (Å²) in [5, 5.41) is 4.20. The summed E-state index contributed by atoms with van der Waals surface area (Å²) in [7, 11) is -1.08. The van der Waals surface area contributed by atoms with Gasteiger partial charge in [-0.2, -0.15) is 0 Å². The highest BCUT2D eigenvalue weighted by molar-refractivity contribution is 7.91. The van der Waals surface area contributed by atoms with Crippen LogP contribution in [0.4, 0.5) is 0 Å². The van der Waals surface area contributed by atoms with Crippen LogP contribution in [0.5, 0.6) is 0 Å². The lowest BCUT2D eigenvalue weighted by Crippen LogP contribution is -2.18. The van der Waals surface area contributed by atoms with Crippen LogP contribution in [0.1, 0.15) is 31.4 Å². The van der Waals surface area contributed by atoms with Crippen molar-refractivity contribution in [3.05, 3.63) is 33.8 Å². The Bertz CT molecular complexity index is 517. The number of benzene rings is 1. The molecule has 1 unspecified atom stereocenters. The molecule has 0 fully saturated rings. The lowest BCUT2D eigenvalue weighted by atomic mass is 10.0. The summed E-state index contributed by atoms with van der Waals surface area (Å²) >= 11 is 12.2. The summed E-state index contributed by atoms with van der Waals surface area (Å²) in [6, 6.07) is 5.50. The van der Waals surface area contributed by atoms with Crippen molar-refractivity contribution in [3.8, 4) is 0 Å². The van der Waals surface area contributed by atoms with Crippen molar-refractivity contribution in [3.63, 3.8) is 0 Å². The summed E-state index contributed by atoms with van der Waals surface area (Å²) in [5.74, 6) is 0.398. The fourth-order valence-electron chi connectivity index (χ4n) is 1.90. The van der Waals surface area contributed by atoms with Gasteiger partial charge in [0.15, 0.2) is 0 Å². The SMILES string of the molecule is CCS(=O)(=O)CCCC(NC)c1cccc(Cl)c1Cl. The molecule has 0 aliphatic heterocycles. The first-order valence-electron chi connectivity index (χ1n) is 6.23. The number of rotatable bonds is 7. The Hall–Kier alpha value is -0.290. The van der Waals surface area contributed by atoms with E-state index in [1.807, 2.05) is 19.2 Å². The summed E-state index contributed by atoms with van der Waals surface area (Å²) in [4.78, 5) is 0. The van der Waals surface area contributed by atoms with Crippen LogP contribution in [0.2, 0.25) is 10.0 Å². The van der Waals surface area contributed by atoms with Gasteiger partial charge in [0.2, 0.25) is 0 Å². The average Bonchev–Trinajstić information content (AvgIpc) is 2.38. The molecule has 1 aromatic carbocycles. The van der Waals surface area contributed by atoms with Gasteiger partial charge in [0.05, 0.1) is 15.8 Å². The Morgan fingerprint density at radius 1 is 1.32 bits per heavy atom. The Balaban J connectivity index is 2.71. The molecule has 0 bridgehead atoms. The van der Waals surface area contributed by atoms with Crippen LogP contribution >= 0.6 is 23.2 Å². The highest BCUT2D eigenvalue weighted by atomic mass is 35.5. The van der Waals surface area contributed by atoms with Crippen molar-refractivity contribution in [2.75, 3.05) is 18.6 Å². The average molecular weight is 324 g/mol. The predicted molar refractivity (Wildman–Crippen MR) is 81.8 cm³/mol. The molecular formula is C13H19Cl2NO2S. The van der Waals surface area contributed by atoms with Gasteiger partial charge in [0, 0.05) is 11.8 Å². The van der Waals surface area contributed by atoms with Crippen molar-refractivity contribution < 1.29 is 8.42 Å². The maximum Gasteiger partial charge on any atom is 0.150 e. The van der Waals surface area contributed by atoms with Crippen LogP contribution in [0.15, 0.2) is 18.2 Å². The number of nitrogens with one attached hydrogen (secondary N) is 1. The van der Waals surface area contributed by atoms with Crippen molar-refractivity contribution in [2.45, 2.75) is 25.8 Å². The zero-order valence-corrected chi connectivity index (χ0v) is 13.4. The van der Waals surface area contributed by atoms with E-state index in [0.29, 0.717) is 22.9 Å². The van der Waals surface area contributed by atoms with Gasteiger partial charge in [0.25, 0.3) is 0 Å². The molecule has 1 atom stereocenters. The molecule has 0 saturated heterocycles. The Labute approximate surface area is 125 Å². The van der Waals surface area contributed by atoms with Gasteiger partial charge in [0.1, 0.15) is 9.84 Å². The Kier molecular flexibility index (Phi) is 6.60. The molecule has 0 radical (unpaired) electrons. The Morgan fingerprint density at radius 3 is 2.58 bits per heavy atom. The van der Waals surface area contributed by atoms with Gasteiger partial charge >= 0.3 is 0 Å². The van der Waals surface area contributed by atoms with Crippen LogP contribution in [0.3, 0.4) is 0 Å². The van der Waals surface area contributed by atoms with E-state index >= 15 is 0 Å². The lowest BCUT2D eigenvalue weighted by molar-refractivity contribution is 0.535. The van der Waals surface area contributed by atoms with E-state index < -0.39 is 9.84 Å². The molecule has 0 aliphatic rings. The second-order valence-corrected chi connectivity index (χ2v) is 7.62. The van der Waals surface area contributed by atoms with Crippen molar-refractivity contribution >= 4 is 33.0 Å². The van der Waals surface area contributed by atoms with Gasteiger partial charge < -0.3 is 5.32 Å². The lowest BCUT2D eigenvalue weighted by Gasteiger charge is -2.18. The van der Waals surface area contributed by atoms with E-state index in [-0.39, 0.29) is 17.5 Å². The van der Waals surface area contributed by atoms with Gasteiger partial charge in [-0.05, 0) is 31.5 Å². The zero-order chi connectivity index (χ0) is 14.5. The predicted octanol–water partition coefficient (Wildman–Crippen LogP) is 3.47. The third-order valence-electron chi connectivity index (χ3n) is 3.09. The van der Waals surface area contributed by atoms with E-state index in [1.54, 1.807) is 13.0 Å². The van der Waals surface area contributed by atoms with Crippen LogP contribution in [0.25, 0.3) is 0 Å². The normalized spacial score (nSPS) is 13.5. The number of hydrogen-bond acceptors (Lipinski definition) is 3. The fraction of sp³-hybridized carbons (Fsp3) is 0.538. The summed E-state index contributed by atoms with van der Waals surface area (Å²) in [6.45, 7) is 1.67. The molecule has 1 N–H and O–H groups in total. The fourth-order valence-corrected chi connectivity index (χ4v) is 3.23. The van der Waals surface area contributed by atoms with E-state index in [1.165, 1.54) is 0 Å². The molecule has 108 valence electrons. The van der Waals surface area contributed by atoms with Crippen molar-refractivity contribution in [1.82, 2.24) is 5.32 Å². The van der Waals surface area contributed by atoms with Gasteiger partial charge in [-0.1, -0.05) is 42.3 Å². The van der Waals surface area contributed by atoms with Crippen molar-refractivity contribution in [2.24, 2.45) is 0 Å². The van der Waals surface area contributed by atoms with Crippen LogP contribution < -0.4 is 5.32 Å². The molecule has 19 heavy (non-hydrogen) atoms. The third-order valence-corrected chi connectivity index (χ3v) is 5.72. The second-order valence-electron chi connectivity index (χ2n) is 4.36. The van der Waals surface area contributed by atoms with Gasteiger partial charge in [-0.25, -0.2) is 8.42 Å². The molecule has 0 spiro atoms. The van der Waals surface area contributed by atoms with Crippen LogP contribution in [-0.2, 0) is 9.84 Å². The topological polar surface area (TPSA) is 46.2 Å². The molecule has 0 aromatic heterocycles. The summed E-state index contributed by atoms with van der Waals surface area (Å²) in [5.41, 5.74) is 0.908. The summed E-state index contributed by atoms with van der Waals surface area (Å²) in [6.07, 6.45) is 1.31. The molecule has 1 aromatic rings. The van der Waals surface area contributed by atoms with E-state index in [2.05, 4.69) is 5.32 Å². The number of hydrogen-bond donors (Lipinski definition) is 1. The minimum atomic E-state index is -2.91. The smallest absolute Gasteiger partial charge is 0.150 e. The highest BCUT2D eigenvalue weighted by Crippen LogP contribution is 2.31. The molecule has 3 nitrogen and oxygen atoms in total. The highest BCUT2D eigenvalue weighted by Gasteiger charge is 2.16. The van der Waals surface area contributed by atoms with Gasteiger partial charge in [-0.15, -0.1) is 0 Å². The van der Waals surface area contributed by atoms with E-state index in [4.69, 9.17) is 23.2 Å². The van der Waals surface area contributed by atoms with Crippen LogP contribution in [0, 0.1) is 0 Å². The molecule has 0 amide bonds. The summed E-state index contributed by atoms with van der Waals surface area (Å²) < 4.78 is 22.9. The number of halogens is 2. The van der Waals surface area contributed by atoms with Crippen molar-refractivity contribution in [1.29, 1.82) is 0 Å². The molecule has 0 heterocycles. The van der Waals surface area contributed by atoms with Crippen LogP contribution in [-0.4, -0.2) is 27.0 Å². The molecule has 1 rings (SSSR count). The largest absolute Gasteiger partial charge is 0.313 e. The first-order valence-corrected chi connectivity index (χ1v) is 8.80. The minimum absolute atomic E-state index is 0.0123. The monoisotopic (exact) mass is 323 g/mol. The molecule has 0 aliphatic carbocycles. The second kappa shape index (κ2) is 7.48. The Morgan fingerprint density at radius 2 is 2.00 bits per heavy atom. The number of sulfone groups is 1. The molecule has 0 saturated carbocycles. The standard InChI is InChI=1S/C13H19Cl2NO2S/c1-3-19(17,18)9-5-8-12(16-2)10-6-4-7-11(14)13(10)15/h4,6-7,12,16H,3,5,8-9H2,1-2H3. The van der Waals surface area contributed by atoms with E-state index in [0.717, 1.165) is 5.56 Å². The quantitative estimate of drug-likeness (QED) is 0.835. The minimum Gasteiger partial charge on any atom is -0.313 e.